The van der Waals surface area contributed by atoms with E-state index in [2.05, 4.69) is 10.6 Å². The van der Waals surface area contributed by atoms with Crippen molar-refractivity contribution in [1.29, 1.82) is 0 Å². The second-order valence-electron chi connectivity index (χ2n) is 6.92. The number of halogens is 1. The maximum Gasteiger partial charge on any atom is 0.325 e. The molecule has 2 fully saturated rings. The maximum atomic E-state index is 12.8. The molecule has 2 aliphatic rings. The smallest absolute Gasteiger partial charge is 0.325 e. The molecule has 3 rings (SSSR count). The lowest BCUT2D eigenvalue weighted by Crippen LogP contribution is -2.48. The third-order valence-electron chi connectivity index (χ3n) is 5.04. The molecule has 1 aromatic rings. The molecule has 4 amide bonds. The van der Waals surface area contributed by atoms with Gasteiger partial charge in [-0.1, -0.05) is 12.1 Å². The zero-order valence-electron chi connectivity index (χ0n) is 15.4. The number of benzene rings is 1. The third-order valence-corrected chi connectivity index (χ3v) is 5.04. The number of nitrogens with two attached hydrogens (primary N) is 1. The van der Waals surface area contributed by atoms with Gasteiger partial charge >= 0.3 is 6.03 Å². The second-order valence-corrected chi connectivity index (χ2v) is 6.92. The molecule has 148 valence electrons. The van der Waals surface area contributed by atoms with E-state index in [0.29, 0.717) is 23.8 Å². The molecular weight excluding hydrogens is 372 g/mol. The van der Waals surface area contributed by atoms with Crippen molar-refractivity contribution in [2.75, 3.05) is 20.2 Å². The SMILES string of the molecule is COc1ccc(C2(C)NC(=O)N(CC(=O)NC(CN)C3CC3)C2=O)cc1.Cl. The topological polar surface area (TPSA) is 114 Å². The van der Waals surface area contributed by atoms with E-state index in [0.717, 1.165) is 17.7 Å². The average Bonchev–Trinajstić information content (AvgIpc) is 3.45. The summed E-state index contributed by atoms with van der Waals surface area (Å²) in [4.78, 5) is 38.3. The summed E-state index contributed by atoms with van der Waals surface area (Å²) in [7, 11) is 1.55. The van der Waals surface area contributed by atoms with Gasteiger partial charge in [0.15, 0.2) is 0 Å². The standard InChI is InChI=1S/C18H24N4O4.ClH/c1-18(12-5-7-13(26-2)8-6-12)16(24)22(17(25)21-18)10-15(23)20-14(9-19)11-3-4-11;/h5-8,11,14H,3-4,9-10,19H2,1-2H3,(H,20,23)(H,21,25);1H. The Balaban J connectivity index is 0.00000261. The Kier molecular flexibility index (Phi) is 6.33. The van der Waals surface area contributed by atoms with Crippen LogP contribution in [-0.4, -0.2) is 49.0 Å². The normalized spacial score (nSPS) is 22.7. The van der Waals surface area contributed by atoms with E-state index in [4.69, 9.17) is 10.5 Å². The number of ether oxygens (including phenoxy) is 1. The maximum absolute atomic E-state index is 12.8. The van der Waals surface area contributed by atoms with E-state index in [1.165, 1.54) is 0 Å². The summed E-state index contributed by atoms with van der Waals surface area (Å²) >= 11 is 0. The van der Waals surface area contributed by atoms with Crippen LogP contribution in [0.1, 0.15) is 25.3 Å². The Morgan fingerprint density at radius 1 is 1.37 bits per heavy atom. The molecule has 1 aromatic carbocycles. The van der Waals surface area contributed by atoms with E-state index in [9.17, 15) is 14.4 Å². The van der Waals surface area contributed by atoms with Crippen LogP contribution in [-0.2, 0) is 15.1 Å². The fraction of sp³-hybridized carbons (Fsp3) is 0.500. The van der Waals surface area contributed by atoms with Crippen LogP contribution in [0.3, 0.4) is 0 Å². The molecule has 27 heavy (non-hydrogen) atoms. The van der Waals surface area contributed by atoms with Crippen molar-refractivity contribution >= 4 is 30.3 Å². The van der Waals surface area contributed by atoms with Crippen LogP contribution in [0.5, 0.6) is 5.75 Å². The Labute approximate surface area is 164 Å². The third kappa shape index (κ3) is 4.17. The molecule has 2 unspecified atom stereocenters. The molecule has 2 atom stereocenters. The molecule has 0 radical (unpaired) electrons. The molecule has 8 nitrogen and oxygen atoms in total. The van der Waals surface area contributed by atoms with Crippen LogP contribution < -0.4 is 21.1 Å². The molecule has 1 saturated heterocycles. The quantitative estimate of drug-likeness (QED) is 0.588. The highest BCUT2D eigenvalue weighted by atomic mass is 35.5. The number of hydrogen-bond acceptors (Lipinski definition) is 5. The van der Waals surface area contributed by atoms with Crippen molar-refractivity contribution in [3.8, 4) is 5.75 Å². The molecule has 1 aliphatic carbocycles. The number of imide groups is 1. The van der Waals surface area contributed by atoms with E-state index in [1.807, 2.05) is 0 Å². The van der Waals surface area contributed by atoms with Crippen molar-refractivity contribution in [2.24, 2.45) is 11.7 Å². The summed E-state index contributed by atoms with van der Waals surface area (Å²) in [5, 5.41) is 5.51. The number of nitrogens with zero attached hydrogens (tertiary/aromatic N) is 1. The van der Waals surface area contributed by atoms with Crippen molar-refractivity contribution < 1.29 is 19.1 Å². The highest BCUT2D eigenvalue weighted by Gasteiger charge is 2.49. The molecule has 0 bridgehead atoms. The highest BCUT2D eigenvalue weighted by molar-refractivity contribution is 6.09. The van der Waals surface area contributed by atoms with Gasteiger partial charge in [0.25, 0.3) is 5.91 Å². The van der Waals surface area contributed by atoms with Gasteiger partial charge in [-0.3, -0.25) is 14.5 Å². The van der Waals surface area contributed by atoms with E-state index in [-0.39, 0.29) is 30.9 Å². The van der Waals surface area contributed by atoms with Crippen LogP contribution >= 0.6 is 12.4 Å². The van der Waals surface area contributed by atoms with Gasteiger partial charge in [-0.2, -0.15) is 0 Å². The van der Waals surface area contributed by atoms with Crippen LogP contribution in [0.4, 0.5) is 4.79 Å². The van der Waals surface area contributed by atoms with Crippen molar-refractivity contribution in [2.45, 2.75) is 31.3 Å². The van der Waals surface area contributed by atoms with Crippen molar-refractivity contribution in [1.82, 2.24) is 15.5 Å². The van der Waals surface area contributed by atoms with Gasteiger partial charge in [0.2, 0.25) is 5.91 Å². The van der Waals surface area contributed by atoms with Gasteiger partial charge < -0.3 is 21.1 Å². The van der Waals surface area contributed by atoms with Gasteiger partial charge in [-0.05, 0) is 43.4 Å². The predicted octanol–water partition coefficient (Wildman–Crippen LogP) is 0.738. The molecule has 1 saturated carbocycles. The number of amides is 4. The predicted molar refractivity (Wildman–Crippen MR) is 102 cm³/mol. The number of carbonyl (C=O) groups is 3. The molecule has 1 aliphatic heterocycles. The molecule has 0 spiro atoms. The summed E-state index contributed by atoms with van der Waals surface area (Å²) < 4.78 is 5.11. The lowest BCUT2D eigenvalue weighted by molar-refractivity contribution is -0.135. The molecule has 1 heterocycles. The first-order chi connectivity index (χ1) is 12.4. The lowest BCUT2D eigenvalue weighted by Gasteiger charge is -2.23. The molecule has 0 aromatic heterocycles. The first kappa shape index (κ1) is 21.0. The summed E-state index contributed by atoms with van der Waals surface area (Å²) in [6, 6.07) is 6.19. The van der Waals surface area contributed by atoms with Crippen LogP contribution in [0.25, 0.3) is 0 Å². The van der Waals surface area contributed by atoms with Crippen molar-refractivity contribution in [3.63, 3.8) is 0 Å². The summed E-state index contributed by atoms with van der Waals surface area (Å²) in [5.74, 6) is 0.211. The van der Waals surface area contributed by atoms with Gasteiger partial charge in [-0.25, -0.2) is 4.79 Å². The Hall–Kier alpha value is -2.32. The minimum absolute atomic E-state index is 0. The summed E-state index contributed by atoms with van der Waals surface area (Å²) in [5.41, 5.74) is 5.09. The first-order valence-corrected chi connectivity index (χ1v) is 8.67. The number of methoxy groups -OCH3 is 1. The van der Waals surface area contributed by atoms with E-state index in [1.54, 1.807) is 38.3 Å². The van der Waals surface area contributed by atoms with Gasteiger partial charge in [0.05, 0.1) is 7.11 Å². The van der Waals surface area contributed by atoms with Gasteiger partial charge in [0, 0.05) is 12.6 Å². The Bertz CT molecular complexity index is 723. The average molecular weight is 397 g/mol. The van der Waals surface area contributed by atoms with Crippen LogP contribution in [0, 0.1) is 5.92 Å². The Morgan fingerprint density at radius 3 is 2.52 bits per heavy atom. The van der Waals surface area contributed by atoms with E-state index >= 15 is 0 Å². The highest BCUT2D eigenvalue weighted by Crippen LogP contribution is 2.32. The van der Waals surface area contributed by atoms with Crippen LogP contribution in [0.15, 0.2) is 24.3 Å². The second kappa shape index (κ2) is 8.14. The number of urea groups is 1. The molecular formula is C18H25ClN4O4. The first-order valence-electron chi connectivity index (χ1n) is 8.67. The van der Waals surface area contributed by atoms with Crippen LogP contribution in [0.2, 0.25) is 0 Å². The van der Waals surface area contributed by atoms with Crippen molar-refractivity contribution in [3.05, 3.63) is 29.8 Å². The number of hydrogen-bond donors (Lipinski definition) is 3. The molecule has 4 N–H and O–H groups in total. The number of carbonyl (C=O) groups excluding carboxylic acids is 3. The summed E-state index contributed by atoms with van der Waals surface area (Å²) in [6.45, 7) is 1.65. The van der Waals surface area contributed by atoms with E-state index < -0.39 is 17.5 Å². The Morgan fingerprint density at radius 2 is 2.00 bits per heavy atom. The number of nitrogens with one attached hydrogen (secondary N) is 2. The monoisotopic (exact) mass is 396 g/mol. The largest absolute Gasteiger partial charge is 0.497 e. The zero-order chi connectivity index (χ0) is 18.9. The van der Waals surface area contributed by atoms with Gasteiger partial charge in [0.1, 0.15) is 17.8 Å². The molecule has 9 heteroatoms. The zero-order valence-corrected chi connectivity index (χ0v) is 16.2. The fourth-order valence-corrected chi connectivity index (χ4v) is 3.22. The minimum Gasteiger partial charge on any atom is -0.497 e. The van der Waals surface area contributed by atoms with Gasteiger partial charge in [-0.15, -0.1) is 12.4 Å². The fourth-order valence-electron chi connectivity index (χ4n) is 3.22. The minimum atomic E-state index is -1.21. The summed E-state index contributed by atoms with van der Waals surface area (Å²) in [6.07, 6.45) is 2.08. The lowest BCUT2D eigenvalue weighted by atomic mass is 9.92. The number of rotatable bonds is 7.